The Morgan fingerprint density at radius 1 is 1.18 bits per heavy atom. The van der Waals surface area contributed by atoms with Crippen molar-refractivity contribution in [2.75, 3.05) is 5.75 Å². The molecule has 40 heavy (non-hydrogen) atoms. The zero-order chi connectivity index (χ0) is 29.0. The maximum atomic E-state index is 15.0. The number of nitrogens with zero attached hydrogens (tertiary/aromatic N) is 1. The number of rotatable bonds is 8. The molecule has 6 nitrogen and oxygen atoms in total. The Morgan fingerprint density at radius 3 is 2.60 bits per heavy atom. The summed E-state index contributed by atoms with van der Waals surface area (Å²) in [6, 6.07) is 18.4. The van der Waals surface area contributed by atoms with E-state index in [9.17, 15) is 22.7 Å². The number of sulfone groups is 1. The van der Waals surface area contributed by atoms with Crippen LogP contribution in [0.4, 0.5) is 4.39 Å². The van der Waals surface area contributed by atoms with Gasteiger partial charge in [-0.3, -0.25) is 4.79 Å². The monoisotopic (exact) mass is 563 g/mol. The summed E-state index contributed by atoms with van der Waals surface area (Å²) < 4.78 is 47.8. The maximum absolute atomic E-state index is 15.0. The third-order valence-corrected chi connectivity index (χ3v) is 9.81. The number of carboxylic acid groups (broad SMARTS) is 1. The first-order valence-electron chi connectivity index (χ1n) is 13.5. The van der Waals surface area contributed by atoms with Gasteiger partial charge in [0.15, 0.2) is 9.84 Å². The second-order valence-electron chi connectivity index (χ2n) is 10.7. The molecule has 1 aliphatic rings. The number of ether oxygens (including phenoxy) is 1. The van der Waals surface area contributed by atoms with Crippen molar-refractivity contribution in [2.45, 2.75) is 63.4 Å². The number of carboxylic acids is 1. The molecule has 210 valence electrons. The van der Waals surface area contributed by atoms with Gasteiger partial charge in [0, 0.05) is 5.92 Å². The van der Waals surface area contributed by atoms with Crippen molar-refractivity contribution >= 4 is 15.8 Å². The lowest BCUT2D eigenvalue weighted by molar-refractivity contribution is -0.137. The number of benzene rings is 3. The van der Waals surface area contributed by atoms with Crippen molar-refractivity contribution in [1.82, 2.24) is 0 Å². The fraction of sp³-hybridized carbons (Fsp3) is 0.375. The van der Waals surface area contributed by atoms with Crippen LogP contribution >= 0.6 is 0 Å². The van der Waals surface area contributed by atoms with Crippen LogP contribution in [0, 0.1) is 35.9 Å². The van der Waals surface area contributed by atoms with Gasteiger partial charge in [-0.05, 0) is 84.5 Å². The van der Waals surface area contributed by atoms with E-state index in [1.165, 1.54) is 12.1 Å². The maximum Gasteiger partial charge on any atom is 0.304 e. The SMILES string of the molecule is CCC1CC(C(C)Cc2cc(C(CC(=O)O)c3ccc(C#N)cc3F)ccc2C)CS(=O)(=O)c2ccccc2O1. The van der Waals surface area contributed by atoms with Crippen LogP contribution in [0.25, 0.3) is 0 Å². The number of para-hydroxylation sites is 1. The summed E-state index contributed by atoms with van der Waals surface area (Å²) in [5, 5.41) is 18.7. The van der Waals surface area contributed by atoms with Gasteiger partial charge in [0.25, 0.3) is 0 Å². The van der Waals surface area contributed by atoms with Crippen molar-refractivity contribution in [2.24, 2.45) is 11.8 Å². The predicted octanol–water partition coefficient (Wildman–Crippen LogP) is 6.44. The molecule has 1 aliphatic heterocycles. The molecule has 0 fully saturated rings. The molecule has 4 atom stereocenters. The third kappa shape index (κ3) is 6.53. The van der Waals surface area contributed by atoms with Crippen molar-refractivity contribution in [3.05, 3.63) is 94.3 Å². The number of hydrogen-bond acceptors (Lipinski definition) is 5. The van der Waals surface area contributed by atoms with E-state index in [2.05, 4.69) is 0 Å². The second kappa shape index (κ2) is 12.2. The minimum Gasteiger partial charge on any atom is -0.489 e. The highest BCUT2D eigenvalue weighted by Crippen LogP contribution is 2.37. The largest absolute Gasteiger partial charge is 0.489 e. The van der Waals surface area contributed by atoms with Crippen LogP contribution in [0.3, 0.4) is 0 Å². The number of carbonyl (C=O) groups is 1. The molecule has 0 spiro atoms. The molecular weight excluding hydrogens is 529 g/mol. The number of halogens is 1. The number of hydrogen-bond donors (Lipinski definition) is 1. The highest BCUT2D eigenvalue weighted by atomic mass is 32.2. The smallest absolute Gasteiger partial charge is 0.304 e. The van der Waals surface area contributed by atoms with E-state index in [1.54, 1.807) is 24.3 Å². The van der Waals surface area contributed by atoms with Gasteiger partial charge in [0.1, 0.15) is 16.5 Å². The summed E-state index contributed by atoms with van der Waals surface area (Å²) in [4.78, 5) is 12.0. The molecule has 8 heteroatoms. The summed E-state index contributed by atoms with van der Waals surface area (Å²) in [7, 11) is -3.57. The fourth-order valence-electron chi connectivity index (χ4n) is 5.56. The minimum absolute atomic E-state index is 0.0157. The number of aliphatic carboxylic acids is 1. The topological polar surface area (TPSA) is 104 Å². The molecule has 0 amide bonds. The first kappa shape index (κ1) is 29.3. The molecule has 1 heterocycles. The van der Waals surface area contributed by atoms with E-state index in [0.717, 1.165) is 23.6 Å². The highest BCUT2D eigenvalue weighted by molar-refractivity contribution is 7.91. The number of aryl methyl sites for hydroxylation is 1. The lowest BCUT2D eigenvalue weighted by atomic mass is 9.82. The van der Waals surface area contributed by atoms with Gasteiger partial charge in [-0.1, -0.05) is 50.2 Å². The molecule has 4 unspecified atom stereocenters. The standard InChI is InChI=1S/C32H34FNO5S/c1-4-26-16-25(19-40(37,38)31-8-6-5-7-30(31)39-26)21(3)13-24-15-23(11-9-20(24)2)28(17-32(35)36)27-12-10-22(18-34)14-29(27)33/h5-12,14-15,21,25-26,28H,4,13,16-17,19H2,1-3H3,(H,35,36). The van der Waals surface area contributed by atoms with E-state index >= 15 is 0 Å². The Bertz CT molecular complexity index is 1550. The van der Waals surface area contributed by atoms with E-state index in [0.29, 0.717) is 24.2 Å². The molecule has 0 aromatic heterocycles. The van der Waals surface area contributed by atoms with Crippen LogP contribution in [-0.4, -0.2) is 31.4 Å². The Hall–Kier alpha value is -3.70. The zero-order valence-electron chi connectivity index (χ0n) is 22.9. The molecular formula is C32H34FNO5S. The molecule has 0 radical (unpaired) electrons. The first-order chi connectivity index (χ1) is 19.0. The minimum atomic E-state index is -3.57. The third-order valence-electron chi connectivity index (χ3n) is 7.94. The zero-order valence-corrected chi connectivity index (χ0v) is 23.7. The fourth-order valence-corrected chi connectivity index (χ4v) is 7.48. The summed E-state index contributed by atoms with van der Waals surface area (Å²) in [5.41, 5.74) is 3.00. The molecule has 0 bridgehead atoms. The van der Waals surface area contributed by atoms with Gasteiger partial charge in [-0.25, -0.2) is 12.8 Å². The summed E-state index contributed by atoms with van der Waals surface area (Å²) in [6.45, 7) is 6.04. The van der Waals surface area contributed by atoms with E-state index in [-0.39, 0.29) is 46.1 Å². The van der Waals surface area contributed by atoms with Gasteiger partial charge in [-0.15, -0.1) is 0 Å². The summed E-state index contributed by atoms with van der Waals surface area (Å²) in [5.74, 6) is -2.17. The van der Waals surface area contributed by atoms with Crippen molar-refractivity contribution in [1.29, 1.82) is 5.26 Å². The lowest BCUT2D eigenvalue weighted by Gasteiger charge is -2.31. The van der Waals surface area contributed by atoms with E-state index in [4.69, 9.17) is 10.00 Å². The van der Waals surface area contributed by atoms with Crippen LogP contribution in [0.5, 0.6) is 5.75 Å². The number of fused-ring (bicyclic) bond motifs is 1. The lowest BCUT2D eigenvalue weighted by Crippen LogP contribution is -2.32. The first-order valence-corrected chi connectivity index (χ1v) is 15.2. The second-order valence-corrected chi connectivity index (χ2v) is 12.7. The predicted molar refractivity (Wildman–Crippen MR) is 151 cm³/mol. The quantitative estimate of drug-likeness (QED) is 0.338. The van der Waals surface area contributed by atoms with Gasteiger partial charge in [0.05, 0.1) is 29.9 Å². The Morgan fingerprint density at radius 2 is 1.93 bits per heavy atom. The number of nitriles is 1. The van der Waals surface area contributed by atoms with Crippen LogP contribution in [0.15, 0.2) is 65.6 Å². The molecule has 3 aromatic rings. The van der Waals surface area contributed by atoms with Gasteiger partial charge < -0.3 is 9.84 Å². The van der Waals surface area contributed by atoms with Crippen LogP contribution in [-0.2, 0) is 21.1 Å². The molecule has 0 saturated heterocycles. The molecule has 0 saturated carbocycles. The highest BCUT2D eigenvalue weighted by Gasteiger charge is 2.33. The normalized spacial score (nSPS) is 19.7. The summed E-state index contributed by atoms with van der Waals surface area (Å²) >= 11 is 0. The molecule has 1 N–H and O–H groups in total. The Kier molecular flexibility index (Phi) is 8.95. The summed E-state index contributed by atoms with van der Waals surface area (Å²) in [6.07, 6.45) is 1.50. The van der Waals surface area contributed by atoms with E-state index in [1.807, 2.05) is 45.0 Å². The van der Waals surface area contributed by atoms with Gasteiger partial charge in [-0.2, -0.15) is 5.26 Å². The van der Waals surface area contributed by atoms with Crippen LogP contribution in [0.2, 0.25) is 0 Å². The van der Waals surface area contributed by atoms with E-state index < -0.39 is 27.5 Å². The Labute approximate surface area is 235 Å². The molecule has 4 rings (SSSR count). The molecule has 0 aliphatic carbocycles. The molecule has 3 aromatic carbocycles. The van der Waals surface area contributed by atoms with Crippen LogP contribution < -0.4 is 4.74 Å². The van der Waals surface area contributed by atoms with Crippen LogP contribution in [0.1, 0.15) is 66.8 Å². The van der Waals surface area contributed by atoms with Crippen molar-refractivity contribution in [3.63, 3.8) is 0 Å². The van der Waals surface area contributed by atoms with Crippen molar-refractivity contribution < 1.29 is 27.4 Å². The van der Waals surface area contributed by atoms with Gasteiger partial charge in [0.2, 0.25) is 0 Å². The Balaban J connectivity index is 1.65. The average Bonchev–Trinajstić information content (AvgIpc) is 2.91. The van der Waals surface area contributed by atoms with Crippen molar-refractivity contribution in [3.8, 4) is 11.8 Å². The average molecular weight is 564 g/mol. The van der Waals surface area contributed by atoms with Gasteiger partial charge >= 0.3 is 5.97 Å².